The minimum atomic E-state index is -0.568. The van der Waals surface area contributed by atoms with E-state index >= 15 is 0 Å². The Morgan fingerprint density at radius 1 is 1.22 bits per heavy atom. The molecule has 4 atom stereocenters. The summed E-state index contributed by atoms with van der Waals surface area (Å²) in [7, 11) is 0. The Bertz CT molecular complexity index is 483. The van der Waals surface area contributed by atoms with Crippen LogP contribution in [0.2, 0.25) is 0 Å². The Morgan fingerprint density at radius 2 is 1.96 bits per heavy atom. The topological polar surface area (TPSA) is 40.2 Å². The first-order valence-electron chi connectivity index (χ1n) is 8.72. The van der Waals surface area contributed by atoms with Gasteiger partial charge in [0.25, 0.3) is 0 Å². The molecule has 2 aliphatic rings. The number of epoxide rings is 1. The van der Waals surface area contributed by atoms with E-state index in [1.807, 2.05) is 32.0 Å². The van der Waals surface area contributed by atoms with Crippen LogP contribution in [0.3, 0.4) is 0 Å². The highest BCUT2D eigenvalue weighted by molar-refractivity contribution is 5.13. The quantitative estimate of drug-likeness (QED) is 0.685. The van der Waals surface area contributed by atoms with Crippen molar-refractivity contribution < 1.29 is 18.9 Å². The van der Waals surface area contributed by atoms with Crippen LogP contribution in [-0.4, -0.2) is 36.8 Å². The van der Waals surface area contributed by atoms with Crippen molar-refractivity contribution in [3.8, 4) is 0 Å². The molecular formula is C19H28O4. The molecule has 0 amide bonds. The highest BCUT2D eigenvalue weighted by atomic mass is 16.8. The van der Waals surface area contributed by atoms with Crippen LogP contribution in [-0.2, 0) is 25.6 Å². The molecule has 128 valence electrons. The van der Waals surface area contributed by atoms with Crippen molar-refractivity contribution in [3.63, 3.8) is 0 Å². The molecule has 2 fully saturated rings. The number of rotatable bonds is 8. The van der Waals surface area contributed by atoms with Crippen molar-refractivity contribution >= 4 is 0 Å². The van der Waals surface area contributed by atoms with Crippen LogP contribution >= 0.6 is 0 Å². The zero-order valence-corrected chi connectivity index (χ0v) is 14.4. The van der Waals surface area contributed by atoms with Gasteiger partial charge in [-0.1, -0.05) is 50.1 Å². The van der Waals surface area contributed by atoms with Crippen molar-refractivity contribution in [1.29, 1.82) is 0 Å². The van der Waals surface area contributed by atoms with Crippen LogP contribution in [0, 0.1) is 0 Å². The van der Waals surface area contributed by atoms with Gasteiger partial charge in [0.1, 0.15) is 18.3 Å². The maximum Gasteiger partial charge on any atom is 0.164 e. The third-order valence-electron chi connectivity index (χ3n) is 4.40. The van der Waals surface area contributed by atoms with Gasteiger partial charge in [-0.25, -0.2) is 0 Å². The molecule has 2 aliphatic heterocycles. The van der Waals surface area contributed by atoms with Crippen LogP contribution in [0.5, 0.6) is 0 Å². The zero-order chi connectivity index (χ0) is 16.3. The molecular weight excluding hydrogens is 292 g/mol. The molecule has 0 unspecified atom stereocenters. The number of benzene rings is 1. The van der Waals surface area contributed by atoms with Crippen LogP contribution in [0.4, 0.5) is 0 Å². The van der Waals surface area contributed by atoms with E-state index in [2.05, 4.69) is 19.1 Å². The van der Waals surface area contributed by atoms with Gasteiger partial charge in [0.2, 0.25) is 0 Å². The van der Waals surface area contributed by atoms with E-state index in [-0.39, 0.29) is 24.4 Å². The number of hydrogen-bond donors (Lipinski definition) is 0. The molecule has 1 aromatic carbocycles. The summed E-state index contributed by atoms with van der Waals surface area (Å²) >= 11 is 0. The maximum absolute atomic E-state index is 6.26. The fourth-order valence-corrected chi connectivity index (χ4v) is 3.16. The maximum atomic E-state index is 6.26. The van der Waals surface area contributed by atoms with Gasteiger partial charge in [-0.3, -0.25) is 0 Å². The minimum absolute atomic E-state index is 0.0253. The summed E-state index contributed by atoms with van der Waals surface area (Å²) in [6.45, 7) is 7.51. The largest absolute Gasteiger partial charge is 0.371 e. The van der Waals surface area contributed by atoms with Gasteiger partial charge in [0, 0.05) is 0 Å². The first-order chi connectivity index (χ1) is 11.1. The summed E-state index contributed by atoms with van der Waals surface area (Å²) in [6, 6.07) is 10.3. The molecule has 2 saturated heterocycles. The Morgan fingerprint density at radius 3 is 2.61 bits per heavy atom. The average molecular weight is 320 g/mol. The lowest BCUT2D eigenvalue weighted by molar-refractivity contribution is -0.161. The van der Waals surface area contributed by atoms with Gasteiger partial charge in [-0.15, -0.1) is 0 Å². The molecule has 0 aromatic heterocycles. The number of ether oxygens (including phenoxy) is 4. The lowest BCUT2D eigenvalue weighted by Gasteiger charge is -2.26. The summed E-state index contributed by atoms with van der Waals surface area (Å²) in [5.74, 6) is -0.568. The molecule has 0 spiro atoms. The Balaban J connectivity index is 1.67. The predicted octanol–water partition coefficient (Wildman–Crippen LogP) is 3.68. The molecule has 2 heterocycles. The lowest BCUT2D eigenvalue weighted by atomic mass is 10.0. The molecule has 4 heteroatoms. The molecule has 0 saturated carbocycles. The van der Waals surface area contributed by atoms with Crippen LogP contribution < -0.4 is 0 Å². The van der Waals surface area contributed by atoms with Crippen LogP contribution in [0.1, 0.15) is 45.6 Å². The predicted molar refractivity (Wildman–Crippen MR) is 88.1 cm³/mol. The monoisotopic (exact) mass is 320 g/mol. The molecule has 4 nitrogen and oxygen atoms in total. The van der Waals surface area contributed by atoms with Gasteiger partial charge < -0.3 is 18.9 Å². The fourth-order valence-electron chi connectivity index (χ4n) is 3.16. The van der Waals surface area contributed by atoms with Crippen molar-refractivity contribution in [3.05, 3.63) is 35.9 Å². The van der Waals surface area contributed by atoms with Crippen LogP contribution in [0.15, 0.2) is 30.3 Å². The first kappa shape index (κ1) is 16.9. The lowest BCUT2D eigenvalue weighted by Crippen LogP contribution is -2.40. The molecule has 0 radical (unpaired) electrons. The van der Waals surface area contributed by atoms with Crippen molar-refractivity contribution in [2.75, 3.05) is 6.61 Å². The Kier molecular flexibility index (Phi) is 5.37. The van der Waals surface area contributed by atoms with Gasteiger partial charge in [0.05, 0.1) is 19.3 Å². The SMILES string of the molecule is CCCC[C@H](OCc1ccccc1)[C@H]1OC(C)(C)O[C@@H]1[C@@H]1CO1. The van der Waals surface area contributed by atoms with E-state index in [4.69, 9.17) is 18.9 Å². The summed E-state index contributed by atoms with van der Waals surface area (Å²) in [5.41, 5.74) is 1.19. The van der Waals surface area contributed by atoms with E-state index in [0.717, 1.165) is 25.9 Å². The van der Waals surface area contributed by atoms with E-state index < -0.39 is 5.79 Å². The molecule has 3 rings (SSSR count). The van der Waals surface area contributed by atoms with E-state index in [0.29, 0.717) is 6.61 Å². The standard InChI is InChI=1S/C19H28O4/c1-4-5-11-15(20-12-14-9-7-6-8-10-14)17-18(16-13-21-16)23-19(2,3)22-17/h6-10,15-18H,4-5,11-13H2,1-3H3/t15-,16-,17+,18+/m0/s1. The first-order valence-corrected chi connectivity index (χ1v) is 8.72. The summed E-state index contributed by atoms with van der Waals surface area (Å²) in [5, 5.41) is 0. The molecule has 0 aliphatic carbocycles. The normalized spacial score (nSPS) is 30.3. The molecule has 23 heavy (non-hydrogen) atoms. The highest BCUT2D eigenvalue weighted by Gasteiger charge is 2.52. The second-order valence-electron chi connectivity index (χ2n) is 6.91. The van der Waals surface area contributed by atoms with Crippen molar-refractivity contribution in [2.45, 2.75) is 76.8 Å². The van der Waals surface area contributed by atoms with Gasteiger partial charge in [-0.05, 0) is 25.8 Å². The Hall–Kier alpha value is -0.940. The third-order valence-corrected chi connectivity index (χ3v) is 4.40. The number of hydrogen-bond acceptors (Lipinski definition) is 4. The van der Waals surface area contributed by atoms with Crippen LogP contribution in [0.25, 0.3) is 0 Å². The minimum Gasteiger partial charge on any atom is -0.371 e. The molecule has 1 aromatic rings. The zero-order valence-electron chi connectivity index (χ0n) is 14.4. The Labute approximate surface area is 139 Å². The van der Waals surface area contributed by atoms with Gasteiger partial charge >= 0.3 is 0 Å². The van der Waals surface area contributed by atoms with E-state index in [9.17, 15) is 0 Å². The highest BCUT2D eigenvalue weighted by Crippen LogP contribution is 2.38. The third kappa shape index (κ3) is 4.54. The van der Waals surface area contributed by atoms with E-state index in [1.165, 1.54) is 5.56 Å². The van der Waals surface area contributed by atoms with Gasteiger partial charge in [-0.2, -0.15) is 0 Å². The summed E-state index contributed by atoms with van der Waals surface area (Å²) in [6.07, 6.45) is 3.36. The molecule has 0 bridgehead atoms. The second-order valence-corrected chi connectivity index (χ2v) is 6.91. The van der Waals surface area contributed by atoms with Crippen molar-refractivity contribution in [2.24, 2.45) is 0 Å². The van der Waals surface area contributed by atoms with Gasteiger partial charge in [0.15, 0.2) is 5.79 Å². The summed E-state index contributed by atoms with van der Waals surface area (Å²) < 4.78 is 24.0. The number of unbranched alkanes of at least 4 members (excludes halogenated alkanes) is 1. The average Bonchev–Trinajstić information content (AvgIpc) is 3.32. The fraction of sp³-hybridized carbons (Fsp3) is 0.684. The smallest absolute Gasteiger partial charge is 0.164 e. The van der Waals surface area contributed by atoms with E-state index in [1.54, 1.807) is 0 Å². The van der Waals surface area contributed by atoms with Crippen molar-refractivity contribution in [1.82, 2.24) is 0 Å². The molecule has 0 N–H and O–H groups in total. The second kappa shape index (κ2) is 7.31. The summed E-state index contributed by atoms with van der Waals surface area (Å²) in [4.78, 5) is 0.